The van der Waals surface area contributed by atoms with E-state index in [4.69, 9.17) is 0 Å². The molecule has 0 aromatic heterocycles. The van der Waals surface area contributed by atoms with Crippen LogP contribution in [0.25, 0.3) is 0 Å². The first kappa shape index (κ1) is 17.5. The largest absolute Gasteiger partial charge is 0.309 e. The molecule has 0 fully saturated rings. The molecule has 1 heterocycles. The Morgan fingerprint density at radius 2 is 1.36 bits per heavy atom. The number of para-hydroxylation sites is 1. The first-order valence-electron chi connectivity index (χ1n) is 8.85. The van der Waals surface area contributed by atoms with Gasteiger partial charge in [-0.15, -0.1) is 10.2 Å². The maximum atomic E-state index is 13.0. The van der Waals surface area contributed by atoms with E-state index in [2.05, 4.69) is 10.2 Å². The summed E-state index contributed by atoms with van der Waals surface area (Å²) in [7, 11) is 1.70. The number of amides is 1. The predicted molar refractivity (Wildman–Crippen MR) is 110 cm³/mol. The van der Waals surface area contributed by atoms with Crippen molar-refractivity contribution < 1.29 is 9.59 Å². The van der Waals surface area contributed by atoms with E-state index in [1.54, 1.807) is 43.4 Å². The molecular weight excluding hydrogens is 350 g/mol. The highest BCUT2D eigenvalue weighted by Gasteiger charge is 2.31. The molecule has 3 aromatic rings. The third-order valence-electron chi connectivity index (χ3n) is 4.58. The van der Waals surface area contributed by atoms with Crippen molar-refractivity contribution in [1.82, 2.24) is 0 Å². The smallest absolute Gasteiger partial charge is 0.279 e. The third-order valence-corrected chi connectivity index (χ3v) is 4.58. The Morgan fingerprint density at radius 3 is 2.04 bits per heavy atom. The molecule has 1 aliphatic rings. The van der Waals surface area contributed by atoms with Gasteiger partial charge < -0.3 is 4.90 Å². The number of ketones is 1. The maximum absolute atomic E-state index is 13.0. The van der Waals surface area contributed by atoms with Crippen LogP contribution in [0.15, 0.2) is 95.1 Å². The molecule has 5 nitrogen and oxygen atoms in total. The first-order chi connectivity index (χ1) is 13.7. The fourth-order valence-electron chi connectivity index (χ4n) is 3.10. The van der Waals surface area contributed by atoms with Gasteiger partial charge in [0.1, 0.15) is 5.71 Å². The van der Waals surface area contributed by atoms with Gasteiger partial charge in [-0.1, -0.05) is 78.9 Å². The number of fused-ring (bicyclic) bond motifs is 1. The van der Waals surface area contributed by atoms with Gasteiger partial charge in [0.25, 0.3) is 5.91 Å². The Kier molecular flexibility index (Phi) is 4.64. The van der Waals surface area contributed by atoms with Crippen LogP contribution in [0.1, 0.15) is 21.5 Å². The fourth-order valence-corrected chi connectivity index (χ4v) is 3.10. The van der Waals surface area contributed by atoms with Gasteiger partial charge in [-0.25, -0.2) is 0 Å². The summed E-state index contributed by atoms with van der Waals surface area (Å²) in [5.74, 6) is -0.493. The average molecular weight is 367 g/mol. The summed E-state index contributed by atoms with van der Waals surface area (Å²) in [5.41, 5.74) is 3.07. The van der Waals surface area contributed by atoms with Gasteiger partial charge >= 0.3 is 0 Å². The van der Waals surface area contributed by atoms with Gasteiger partial charge in [0.05, 0.1) is 5.69 Å². The van der Waals surface area contributed by atoms with Crippen LogP contribution in [0.4, 0.5) is 5.69 Å². The summed E-state index contributed by atoms with van der Waals surface area (Å²) in [6, 6.07) is 25.4. The zero-order valence-corrected chi connectivity index (χ0v) is 15.2. The molecule has 3 aromatic carbocycles. The number of anilines is 1. The molecule has 0 atom stereocenters. The normalized spacial score (nSPS) is 15.0. The highest BCUT2D eigenvalue weighted by atomic mass is 16.2. The van der Waals surface area contributed by atoms with E-state index in [1.165, 1.54) is 4.90 Å². The number of likely N-dealkylation sites (N-methyl/N-ethyl adjacent to an activating group) is 1. The van der Waals surface area contributed by atoms with Crippen LogP contribution in [0, 0.1) is 0 Å². The summed E-state index contributed by atoms with van der Waals surface area (Å²) in [6.45, 7) is 0. The number of carbonyl (C=O) groups is 2. The minimum atomic E-state index is -0.247. The first-order valence-corrected chi connectivity index (χ1v) is 8.85. The van der Waals surface area contributed by atoms with Gasteiger partial charge in [-0.3, -0.25) is 9.59 Å². The molecule has 0 aliphatic carbocycles. The van der Waals surface area contributed by atoms with E-state index in [9.17, 15) is 9.59 Å². The minimum absolute atomic E-state index is 0.194. The molecule has 0 unspecified atom stereocenters. The fraction of sp³-hybridized carbons (Fsp3) is 0.0435. The van der Waals surface area contributed by atoms with Gasteiger partial charge in [0.2, 0.25) is 5.78 Å². The number of hydrogen-bond donors (Lipinski definition) is 0. The SMILES string of the molecule is CN1C(=O)C(=NN=C(C(=O)c2ccccc2)c2ccccc2)c2ccccc21. The van der Waals surface area contributed by atoms with E-state index < -0.39 is 0 Å². The maximum Gasteiger partial charge on any atom is 0.279 e. The van der Waals surface area contributed by atoms with Crippen molar-refractivity contribution in [3.8, 4) is 0 Å². The Hall–Kier alpha value is -3.86. The highest BCUT2D eigenvalue weighted by Crippen LogP contribution is 2.27. The van der Waals surface area contributed by atoms with Gasteiger partial charge in [-0.2, -0.15) is 0 Å². The van der Waals surface area contributed by atoms with Crippen molar-refractivity contribution in [2.24, 2.45) is 10.2 Å². The van der Waals surface area contributed by atoms with Gasteiger partial charge in [0, 0.05) is 23.7 Å². The predicted octanol–water partition coefficient (Wildman–Crippen LogP) is 3.74. The van der Waals surface area contributed by atoms with E-state index in [1.807, 2.05) is 48.5 Å². The van der Waals surface area contributed by atoms with E-state index in [-0.39, 0.29) is 23.1 Å². The molecule has 0 radical (unpaired) electrons. The van der Waals surface area contributed by atoms with Crippen LogP contribution in [0.5, 0.6) is 0 Å². The Morgan fingerprint density at radius 1 is 0.786 bits per heavy atom. The van der Waals surface area contributed by atoms with Crippen LogP contribution in [-0.2, 0) is 4.79 Å². The average Bonchev–Trinajstić information content (AvgIpc) is 3.00. The second kappa shape index (κ2) is 7.40. The second-order valence-corrected chi connectivity index (χ2v) is 6.34. The lowest BCUT2D eigenvalue weighted by molar-refractivity contribution is -0.111. The Bertz CT molecular complexity index is 1100. The third kappa shape index (κ3) is 3.14. The van der Waals surface area contributed by atoms with E-state index in [0.29, 0.717) is 16.7 Å². The number of Topliss-reactive ketones (excluding diaryl/α,β-unsaturated/α-hetero) is 1. The molecule has 0 bridgehead atoms. The zero-order chi connectivity index (χ0) is 19.5. The van der Waals surface area contributed by atoms with E-state index >= 15 is 0 Å². The number of hydrogen-bond acceptors (Lipinski definition) is 4. The Labute approximate surface area is 162 Å². The van der Waals surface area contributed by atoms with Crippen molar-refractivity contribution in [3.63, 3.8) is 0 Å². The summed E-state index contributed by atoms with van der Waals surface area (Å²) >= 11 is 0. The van der Waals surface area contributed by atoms with Crippen LogP contribution in [-0.4, -0.2) is 30.2 Å². The summed E-state index contributed by atoms with van der Waals surface area (Å²) in [4.78, 5) is 27.2. The van der Waals surface area contributed by atoms with Crippen molar-refractivity contribution >= 4 is 28.8 Å². The zero-order valence-electron chi connectivity index (χ0n) is 15.2. The summed E-state index contributed by atoms with van der Waals surface area (Å²) < 4.78 is 0. The molecule has 4 rings (SSSR count). The monoisotopic (exact) mass is 367 g/mol. The lowest BCUT2D eigenvalue weighted by atomic mass is 10.0. The summed E-state index contributed by atoms with van der Waals surface area (Å²) in [6.07, 6.45) is 0. The molecule has 28 heavy (non-hydrogen) atoms. The Balaban J connectivity index is 1.82. The molecule has 136 valence electrons. The van der Waals surface area contributed by atoms with Crippen LogP contribution in [0.2, 0.25) is 0 Å². The van der Waals surface area contributed by atoms with Crippen molar-refractivity contribution in [2.75, 3.05) is 11.9 Å². The molecule has 0 N–H and O–H groups in total. The van der Waals surface area contributed by atoms with Crippen LogP contribution in [0.3, 0.4) is 0 Å². The lowest BCUT2D eigenvalue weighted by Gasteiger charge is -2.07. The van der Waals surface area contributed by atoms with E-state index in [0.717, 1.165) is 5.69 Å². The number of rotatable bonds is 4. The molecule has 0 saturated carbocycles. The van der Waals surface area contributed by atoms with Crippen molar-refractivity contribution in [3.05, 3.63) is 102 Å². The number of carbonyl (C=O) groups excluding carboxylic acids is 2. The lowest BCUT2D eigenvalue weighted by Crippen LogP contribution is -2.25. The van der Waals surface area contributed by atoms with Crippen molar-refractivity contribution in [1.29, 1.82) is 0 Å². The molecule has 5 heteroatoms. The van der Waals surface area contributed by atoms with Gasteiger partial charge in [0.15, 0.2) is 5.71 Å². The topological polar surface area (TPSA) is 62.1 Å². The minimum Gasteiger partial charge on any atom is -0.309 e. The van der Waals surface area contributed by atoms with Gasteiger partial charge in [-0.05, 0) is 6.07 Å². The molecular formula is C23H17N3O2. The number of benzene rings is 3. The second-order valence-electron chi connectivity index (χ2n) is 6.34. The molecule has 1 aliphatic heterocycles. The van der Waals surface area contributed by atoms with Crippen LogP contribution < -0.4 is 4.90 Å². The van der Waals surface area contributed by atoms with Crippen LogP contribution >= 0.6 is 0 Å². The molecule has 1 amide bonds. The summed E-state index contributed by atoms with van der Waals surface area (Å²) in [5, 5.41) is 8.46. The number of nitrogens with zero attached hydrogens (tertiary/aromatic N) is 3. The molecule has 0 spiro atoms. The standard InChI is InChI=1S/C23H17N3O2/c1-26-19-15-9-8-14-18(19)21(23(26)28)25-24-20(16-10-4-2-5-11-16)22(27)17-12-6-3-7-13-17/h2-15H,1H3. The quantitative estimate of drug-likeness (QED) is 0.401. The highest BCUT2D eigenvalue weighted by molar-refractivity contribution is 6.55. The van der Waals surface area contributed by atoms with Crippen molar-refractivity contribution in [2.45, 2.75) is 0 Å². The molecule has 0 saturated heterocycles.